The average molecular weight is 292 g/mol. The summed E-state index contributed by atoms with van der Waals surface area (Å²) in [4.78, 5) is 11.6. The van der Waals surface area contributed by atoms with Crippen LogP contribution in [0.5, 0.6) is 0 Å². The maximum Gasteiger partial charge on any atom is 0.338 e. The lowest BCUT2D eigenvalue weighted by Crippen LogP contribution is -2.15. The van der Waals surface area contributed by atoms with Gasteiger partial charge in [-0.3, -0.25) is 0 Å². The van der Waals surface area contributed by atoms with Crippen LogP contribution in [-0.2, 0) is 14.3 Å². The third kappa shape index (κ3) is 4.38. The minimum atomic E-state index is -0.962. The first-order valence-corrected chi connectivity index (χ1v) is 7.73. The van der Waals surface area contributed by atoms with E-state index in [9.17, 15) is 9.90 Å². The Labute approximate surface area is 126 Å². The van der Waals surface area contributed by atoms with Gasteiger partial charge in [-0.2, -0.15) is 0 Å². The smallest absolute Gasteiger partial charge is 0.338 e. The fourth-order valence-electron chi connectivity index (χ4n) is 2.58. The van der Waals surface area contributed by atoms with Gasteiger partial charge in [0.2, 0.25) is 0 Å². The van der Waals surface area contributed by atoms with Crippen molar-refractivity contribution in [3.8, 4) is 0 Å². The molecule has 0 aromatic heterocycles. The van der Waals surface area contributed by atoms with E-state index in [4.69, 9.17) is 9.47 Å². The Bertz CT molecular complexity index is 483. The van der Waals surface area contributed by atoms with E-state index in [0.717, 1.165) is 50.0 Å². The molecule has 0 amide bonds. The highest BCUT2D eigenvalue weighted by molar-refractivity contribution is 5.87. The number of hydrogen-bond acceptors (Lipinski definition) is 3. The molecule has 0 fully saturated rings. The summed E-state index contributed by atoms with van der Waals surface area (Å²) in [5.74, 6) is 1.36. The van der Waals surface area contributed by atoms with Crippen LogP contribution in [0.1, 0.15) is 52.4 Å². The van der Waals surface area contributed by atoms with Crippen molar-refractivity contribution < 1.29 is 19.4 Å². The van der Waals surface area contributed by atoms with Crippen molar-refractivity contribution in [1.82, 2.24) is 0 Å². The third-order valence-corrected chi connectivity index (χ3v) is 3.72. The average Bonchev–Trinajstić information content (AvgIpc) is 3.09. The van der Waals surface area contributed by atoms with Gasteiger partial charge in [-0.1, -0.05) is 13.8 Å². The molecule has 0 aliphatic heterocycles. The van der Waals surface area contributed by atoms with Gasteiger partial charge >= 0.3 is 5.97 Å². The largest absolute Gasteiger partial charge is 0.493 e. The van der Waals surface area contributed by atoms with Gasteiger partial charge in [0, 0.05) is 18.8 Å². The number of hydrogen-bond donors (Lipinski definition) is 1. The topological polar surface area (TPSA) is 55.8 Å². The fourth-order valence-corrected chi connectivity index (χ4v) is 2.58. The van der Waals surface area contributed by atoms with Crippen molar-refractivity contribution >= 4 is 5.97 Å². The molecular formula is C17H24O4. The lowest BCUT2D eigenvalue weighted by molar-refractivity contribution is -0.133. The zero-order valence-corrected chi connectivity index (χ0v) is 12.9. The summed E-state index contributed by atoms with van der Waals surface area (Å²) in [6, 6.07) is 0. The minimum absolute atomic E-state index is 0.0127. The molecule has 2 aliphatic carbocycles. The predicted octanol–water partition coefficient (Wildman–Crippen LogP) is 4.15. The Morgan fingerprint density at radius 3 is 2.29 bits per heavy atom. The van der Waals surface area contributed by atoms with Crippen LogP contribution in [-0.4, -0.2) is 17.7 Å². The highest BCUT2D eigenvalue weighted by Crippen LogP contribution is 2.27. The maximum atomic E-state index is 11.6. The van der Waals surface area contributed by atoms with Crippen molar-refractivity contribution in [2.75, 3.05) is 6.61 Å². The lowest BCUT2D eigenvalue weighted by atomic mass is 10.1. The van der Waals surface area contributed by atoms with E-state index in [0.29, 0.717) is 5.76 Å². The highest BCUT2D eigenvalue weighted by Gasteiger charge is 2.22. The number of carboxylic acids is 1. The number of rotatable bonds is 7. The predicted molar refractivity (Wildman–Crippen MR) is 80.4 cm³/mol. The van der Waals surface area contributed by atoms with Crippen LogP contribution >= 0.6 is 0 Å². The highest BCUT2D eigenvalue weighted by atomic mass is 16.5. The summed E-state index contributed by atoms with van der Waals surface area (Å²) in [6.07, 6.45) is 10.0. The molecular weight excluding hydrogens is 268 g/mol. The minimum Gasteiger partial charge on any atom is -0.493 e. The van der Waals surface area contributed by atoms with Crippen LogP contribution in [0.15, 0.2) is 35.0 Å². The molecule has 4 heteroatoms. The standard InChI is InChI=1S/C17H24O4/c1-12(2)16(21-14-9-5-6-10-14)15(17(18)19)11-20-13-7-3-4-8-13/h7,9,12H,3-6,8,10-11H2,1-2H3,(H,18,19). The summed E-state index contributed by atoms with van der Waals surface area (Å²) in [5, 5.41) is 9.48. The summed E-state index contributed by atoms with van der Waals surface area (Å²) in [6.45, 7) is 3.97. The van der Waals surface area contributed by atoms with Gasteiger partial charge in [-0.25, -0.2) is 4.79 Å². The number of ether oxygens (including phenoxy) is 2. The fraction of sp³-hybridized carbons (Fsp3) is 0.588. The van der Waals surface area contributed by atoms with E-state index >= 15 is 0 Å². The van der Waals surface area contributed by atoms with E-state index < -0.39 is 5.97 Å². The number of carbonyl (C=O) groups is 1. The van der Waals surface area contributed by atoms with Crippen LogP contribution < -0.4 is 0 Å². The van der Waals surface area contributed by atoms with Crippen LogP contribution in [0.25, 0.3) is 0 Å². The summed E-state index contributed by atoms with van der Waals surface area (Å²) in [7, 11) is 0. The summed E-state index contributed by atoms with van der Waals surface area (Å²) in [5.41, 5.74) is 0.227. The molecule has 0 spiro atoms. The van der Waals surface area contributed by atoms with Crippen LogP contribution in [0.4, 0.5) is 0 Å². The molecule has 0 saturated heterocycles. The van der Waals surface area contributed by atoms with E-state index in [1.807, 2.05) is 26.0 Å². The molecule has 0 bridgehead atoms. The van der Waals surface area contributed by atoms with Gasteiger partial charge in [0.1, 0.15) is 17.9 Å². The van der Waals surface area contributed by atoms with Gasteiger partial charge in [0.05, 0.1) is 11.5 Å². The molecule has 0 heterocycles. The lowest BCUT2D eigenvalue weighted by Gasteiger charge is -2.18. The normalized spacial score (nSPS) is 19.2. The number of aliphatic carboxylic acids is 1. The van der Waals surface area contributed by atoms with Crippen molar-refractivity contribution in [2.24, 2.45) is 5.92 Å². The van der Waals surface area contributed by atoms with Gasteiger partial charge in [-0.15, -0.1) is 0 Å². The SMILES string of the molecule is CC(C)C(OC1=CCCC1)=C(COC1=CCCC1)C(=O)O. The van der Waals surface area contributed by atoms with E-state index in [-0.39, 0.29) is 18.1 Å². The van der Waals surface area contributed by atoms with E-state index in [2.05, 4.69) is 0 Å². The van der Waals surface area contributed by atoms with Crippen molar-refractivity contribution in [1.29, 1.82) is 0 Å². The molecule has 2 rings (SSSR count). The second kappa shape index (κ2) is 7.34. The first-order valence-electron chi connectivity index (χ1n) is 7.73. The first-order chi connectivity index (χ1) is 10.1. The van der Waals surface area contributed by atoms with E-state index in [1.54, 1.807) is 0 Å². The molecule has 0 saturated carbocycles. The maximum absolute atomic E-state index is 11.6. The zero-order chi connectivity index (χ0) is 15.2. The number of carboxylic acid groups (broad SMARTS) is 1. The van der Waals surface area contributed by atoms with Crippen LogP contribution in [0.2, 0.25) is 0 Å². The molecule has 0 aromatic rings. The molecule has 116 valence electrons. The molecule has 2 aliphatic rings. The second-order valence-electron chi connectivity index (χ2n) is 5.82. The Hall–Kier alpha value is -1.71. The third-order valence-electron chi connectivity index (χ3n) is 3.72. The molecule has 0 radical (unpaired) electrons. The monoisotopic (exact) mass is 292 g/mol. The van der Waals surface area contributed by atoms with Crippen LogP contribution in [0, 0.1) is 5.92 Å². The zero-order valence-electron chi connectivity index (χ0n) is 12.9. The number of allylic oxidation sites excluding steroid dienone is 5. The summed E-state index contributed by atoms with van der Waals surface area (Å²) < 4.78 is 11.5. The van der Waals surface area contributed by atoms with E-state index in [1.165, 1.54) is 0 Å². The second-order valence-corrected chi connectivity index (χ2v) is 5.82. The van der Waals surface area contributed by atoms with Crippen LogP contribution in [0.3, 0.4) is 0 Å². The molecule has 0 atom stereocenters. The van der Waals surface area contributed by atoms with Crippen molar-refractivity contribution in [3.05, 3.63) is 35.0 Å². The molecule has 0 unspecified atom stereocenters. The molecule has 4 nitrogen and oxygen atoms in total. The Balaban J connectivity index is 2.13. The Morgan fingerprint density at radius 1 is 1.19 bits per heavy atom. The van der Waals surface area contributed by atoms with Crippen molar-refractivity contribution in [2.45, 2.75) is 52.4 Å². The first kappa shape index (κ1) is 15.7. The molecule has 21 heavy (non-hydrogen) atoms. The van der Waals surface area contributed by atoms with Gasteiger partial charge < -0.3 is 14.6 Å². The van der Waals surface area contributed by atoms with Crippen molar-refractivity contribution in [3.63, 3.8) is 0 Å². The molecule has 0 aromatic carbocycles. The van der Waals surface area contributed by atoms with Gasteiger partial charge in [-0.05, 0) is 37.8 Å². The summed E-state index contributed by atoms with van der Waals surface area (Å²) >= 11 is 0. The van der Waals surface area contributed by atoms with Gasteiger partial charge in [0.25, 0.3) is 0 Å². The Morgan fingerprint density at radius 2 is 1.81 bits per heavy atom. The van der Waals surface area contributed by atoms with Gasteiger partial charge in [0.15, 0.2) is 0 Å². The molecule has 1 N–H and O–H groups in total. The quantitative estimate of drug-likeness (QED) is 0.565. The Kier molecular flexibility index (Phi) is 5.48.